The molecule has 2 rings (SSSR count). The molecule has 1 N–H and O–H groups in total. The number of aryl methyl sites for hydroxylation is 1. The lowest BCUT2D eigenvalue weighted by Gasteiger charge is -2.14. The largest absolute Gasteiger partial charge is 0.376 e. The van der Waals surface area contributed by atoms with E-state index in [2.05, 4.69) is 42.3 Å². The molecule has 1 heterocycles. The van der Waals surface area contributed by atoms with Gasteiger partial charge in [-0.15, -0.1) is 11.3 Å². The van der Waals surface area contributed by atoms with Crippen LogP contribution in [0.25, 0.3) is 0 Å². The molecule has 1 aromatic heterocycles. The zero-order valence-electron chi connectivity index (χ0n) is 8.90. The van der Waals surface area contributed by atoms with E-state index in [1.165, 1.54) is 11.3 Å². The molecule has 0 amide bonds. The molecule has 1 atom stereocenters. The molecule has 3 heteroatoms. The van der Waals surface area contributed by atoms with Crippen molar-refractivity contribution >= 4 is 17.0 Å². The average molecular weight is 218 g/mol. The molecule has 78 valence electrons. The van der Waals surface area contributed by atoms with E-state index in [0.29, 0.717) is 0 Å². The van der Waals surface area contributed by atoms with Gasteiger partial charge in [0.1, 0.15) is 5.01 Å². The molecule has 0 spiro atoms. The Bertz CT molecular complexity index is 423. The average Bonchev–Trinajstić information content (AvgIpc) is 2.74. The van der Waals surface area contributed by atoms with Crippen molar-refractivity contribution in [3.63, 3.8) is 0 Å². The molecular formula is C12H14N2S. The molecule has 2 aromatic rings. The summed E-state index contributed by atoms with van der Waals surface area (Å²) in [5, 5.41) is 6.59. The highest BCUT2D eigenvalue weighted by Gasteiger charge is 2.08. The predicted molar refractivity (Wildman–Crippen MR) is 65.3 cm³/mol. The first-order valence-electron chi connectivity index (χ1n) is 4.99. The van der Waals surface area contributed by atoms with Crippen molar-refractivity contribution in [1.82, 2.24) is 4.98 Å². The van der Waals surface area contributed by atoms with E-state index in [1.54, 1.807) is 11.3 Å². The molecule has 0 aliphatic carbocycles. The Kier molecular flexibility index (Phi) is 3.02. The highest BCUT2D eigenvalue weighted by atomic mass is 32.1. The smallest absolute Gasteiger partial charge is 0.115 e. The maximum atomic E-state index is 4.30. The second-order valence-corrected chi connectivity index (χ2v) is 4.48. The van der Waals surface area contributed by atoms with Gasteiger partial charge >= 0.3 is 0 Å². The maximum absolute atomic E-state index is 4.30. The maximum Gasteiger partial charge on any atom is 0.115 e. The number of hydrogen-bond donors (Lipinski definition) is 1. The van der Waals surface area contributed by atoms with E-state index in [0.717, 1.165) is 5.01 Å². The van der Waals surface area contributed by atoms with Crippen LogP contribution in [-0.4, -0.2) is 4.98 Å². The van der Waals surface area contributed by atoms with Crippen LogP contribution in [-0.2, 0) is 0 Å². The third-order valence-corrected chi connectivity index (χ3v) is 3.30. The fourth-order valence-corrected chi connectivity index (χ4v) is 2.12. The van der Waals surface area contributed by atoms with Crippen LogP contribution >= 0.6 is 11.3 Å². The summed E-state index contributed by atoms with van der Waals surface area (Å²) in [6, 6.07) is 8.57. The molecule has 0 saturated carbocycles. The minimum atomic E-state index is 0.270. The van der Waals surface area contributed by atoms with E-state index in [4.69, 9.17) is 0 Å². The van der Waals surface area contributed by atoms with Crippen molar-refractivity contribution in [2.24, 2.45) is 0 Å². The summed E-state index contributed by atoms with van der Waals surface area (Å²) in [5.74, 6) is 0. The SMILES string of the molecule is Cc1ccccc1N[C@@H](C)c1nccs1. The van der Waals surface area contributed by atoms with Crippen molar-refractivity contribution in [3.8, 4) is 0 Å². The number of benzene rings is 1. The minimum absolute atomic E-state index is 0.270. The first-order chi connectivity index (χ1) is 7.27. The standard InChI is InChI=1S/C12H14N2S/c1-9-5-3-4-6-11(9)14-10(2)12-13-7-8-15-12/h3-8,10,14H,1-2H3/t10-/m0/s1. The van der Waals surface area contributed by atoms with Gasteiger partial charge < -0.3 is 5.32 Å². The highest BCUT2D eigenvalue weighted by Crippen LogP contribution is 2.22. The Labute approximate surface area is 94.0 Å². The van der Waals surface area contributed by atoms with Gasteiger partial charge in [0, 0.05) is 17.3 Å². The predicted octanol–water partition coefficient (Wildman–Crippen LogP) is 3.62. The topological polar surface area (TPSA) is 24.9 Å². The van der Waals surface area contributed by atoms with Crippen molar-refractivity contribution in [2.75, 3.05) is 5.32 Å². The second-order valence-electron chi connectivity index (χ2n) is 3.55. The summed E-state index contributed by atoms with van der Waals surface area (Å²) in [5.41, 5.74) is 2.45. The van der Waals surface area contributed by atoms with Crippen LogP contribution in [0.5, 0.6) is 0 Å². The molecule has 1 aromatic carbocycles. The first kappa shape index (κ1) is 10.2. The summed E-state index contributed by atoms with van der Waals surface area (Å²) in [7, 11) is 0. The number of anilines is 1. The van der Waals surface area contributed by atoms with Crippen molar-refractivity contribution in [3.05, 3.63) is 46.4 Å². The Morgan fingerprint density at radius 1 is 1.33 bits per heavy atom. The van der Waals surface area contributed by atoms with Gasteiger partial charge in [-0.3, -0.25) is 0 Å². The highest BCUT2D eigenvalue weighted by molar-refractivity contribution is 7.09. The van der Waals surface area contributed by atoms with Gasteiger partial charge in [0.15, 0.2) is 0 Å². The summed E-state index contributed by atoms with van der Waals surface area (Å²) >= 11 is 1.68. The Balaban J connectivity index is 2.13. The zero-order chi connectivity index (χ0) is 10.7. The fourth-order valence-electron chi connectivity index (χ4n) is 1.48. The van der Waals surface area contributed by atoms with Crippen LogP contribution in [0, 0.1) is 6.92 Å². The number of thiazole rings is 1. The number of nitrogens with one attached hydrogen (secondary N) is 1. The molecule has 0 saturated heterocycles. The number of nitrogens with zero attached hydrogens (tertiary/aromatic N) is 1. The second kappa shape index (κ2) is 4.45. The van der Waals surface area contributed by atoms with Crippen LogP contribution < -0.4 is 5.32 Å². The Morgan fingerprint density at radius 3 is 2.80 bits per heavy atom. The number of hydrogen-bond acceptors (Lipinski definition) is 3. The molecule has 0 aliphatic heterocycles. The van der Waals surface area contributed by atoms with Gasteiger partial charge in [-0.2, -0.15) is 0 Å². The van der Waals surface area contributed by atoms with E-state index in [9.17, 15) is 0 Å². The molecule has 0 fully saturated rings. The van der Waals surface area contributed by atoms with Crippen molar-refractivity contribution in [1.29, 1.82) is 0 Å². The van der Waals surface area contributed by atoms with E-state index >= 15 is 0 Å². The van der Waals surface area contributed by atoms with Gasteiger partial charge in [-0.1, -0.05) is 18.2 Å². The first-order valence-corrected chi connectivity index (χ1v) is 5.87. The molecule has 15 heavy (non-hydrogen) atoms. The normalized spacial score (nSPS) is 12.4. The van der Waals surface area contributed by atoms with Crippen LogP contribution in [0.15, 0.2) is 35.8 Å². The zero-order valence-corrected chi connectivity index (χ0v) is 9.71. The molecule has 2 nitrogen and oxygen atoms in total. The van der Waals surface area contributed by atoms with E-state index in [1.807, 2.05) is 17.6 Å². The fraction of sp³-hybridized carbons (Fsp3) is 0.250. The quantitative estimate of drug-likeness (QED) is 0.851. The monoisotopic (exact) mass is 218 g/mol. The summed E-state index contributed by atoms with van der Waals surface area (Å²) < 4.78 is 0. The van der Waals surface area contributed by atoms with Gasteiger partial charge in [0.25, 0.3) is 0 Å². The molecule has 0 unspecified atom stereocenters. The van der Waals surface area contributed by atoms with Gasteiger partial charge in [0.05, 0.1) is 6.04 Å². The third kappa shape index (κ3) is 2.36. The van der Waals surface area contributed by atoms with E-state index in [-0.39, 0.29) is 6.04 Å². The minimum Gasteiger partial charge on any atom is -0.376 e. The van der Waals surface area contributed by atoms with Crippen LogP contribution in [0.1, 0.15) is 23.5 Å². The lowest BCUT2D eigenvalue weighted by Crippen LogP contribution is -2.06. The van der Waals surface area contributed by atoms with Crippen LogP contribution in [0.3, 0.4) is 0 Å². The number of para-hydroxylation sites is 1. The third-order valence-electron chi connectivity index (χ3n) is 2.34. The summed E-state index contributed by atoms with van der Waals surface area (Å²) in [6.45, 7) is 4.24. The van der Waals surface area contributed by atoms with Crippen LogP contribution in [0.2, 0.25) is 0 Å². The number of rotatable bonds is 3. The Hall–Kier alpha value is -1.35. The molecule has 0 aliphatic rings. The molecule has 0 radical (unpaired) electrons. The van der Waals surface area contributed by atoms with Gasteiger partial charge in [0.2, 0.25) is 0 Å². The van der Waals surface area contributed by atoms with Crippen molar-refractivity contribution < 1.29 is 0 Å². The molecular weight excluding hydrogens is 204 g/mol. The lowest BCUT2D eigenvalue weighted by molar-refractivity contribution is 0.868. The van der Waals surface area contributed by atoms with Crippen molar-refractivity contribution in [2.45, 2.75) is 19.9 Å². The summed E-state index contributed by atoms with van der Waals surface area (Å²) in [6.07, 6.45) is 1.84. The molecule has 0 bridgehead atoms. The Morgan fingerprint density at radius 2 is 2.13 bits per heavy atom. The van der Waals surface area contributed by atoms with Gasteiger partial charge in [-0.25, -0.2) is 4.98 Å². The van der Waals surface area contributed by atoms with E-state index < -0.39 is 0 Å². The lowest BCUT2D eigenvalue weighted by atomic mass is 10.2. The number of aromatic nitrogens is 1. The van der Waals surface area contributed by atoms with Gasteiger partial charge in [-0.05, 0) is 25.5 Å². The van der Waals surface area contributed by atoms with Crippen LogP contribution in [0.4, 0.5) is 5.69 Å². The summed E-state index contributed by atoms with van der Waals surface area (Å²) in [4.78, 5) is 4.30.